The predicted octanol–water partition coefficient (Wildman–Crippen LogP) is 3.18. The Morgan fingerprint density at radius 1 is 1.30 bits per heavy atom. The summed E-state index contributed by atoms with van der Waals surface area (Å²) in [7, 11) is 0. The molecule has 1 heterocycles. The second kappa shape index (κ2) is 8.34. The van der Waals surface area contributed by atoms with Gasteiger partial charge >= 0.3 is 6.03 Å². The summed E-state index contributed by atoms with van der Waals surface area (Å²) in [5, 5.41) is 3.31. The molecule has 1 fully saturated rings. The van der Waals surface area contributed by atoms with Gasteiger partial charge in [0.25, 0.3) is 0 Å². The Bertz CT molecular complexity index is 542. The van der Waals surface area contributed by atoms with Gasteiger partial charge in [-0.25, -0.2) is 9.18 Å². The number of hydrogen-bond donors (Lipinski definition) is 1. The summed E-state index contributed by atoms with van der Waals surface area (Å²) >= 11 is 1.71. The summed E-state index contributed by atoms with van der Waals surface area (Å²) in [6, 6.07) is 5.62. The lowest BCUT2D eigenvalue weighted by molar-refractivity contribution is 0.0854. The maximum Gasteiger partial charge on any atom is 0.317 e. The molecule has 2 rings (SSSR count). The minimum absolute atomic E-state index is 0.0427. The standard InChI is InChI=1S/C17H23FN2O2S/c1-12(23-2)11-19-17(22)20-9-7-14(8-10-20)16(21)13-3-5-15(18)6-4-13/h3-6,12,14H,7-11H2,1-2H3,(H,19,22)/t12-/m1/s1. The zero-order valence-corrected chi connectivity index (χ0v) is 14.4. The third-order valence-corrected chi connectivity index (χ3v) is 5.20. The Labute approximate surface area is 140 Å². The molecule has 1 aromatic carbocycles. The molecule has 1 aromatic rings. The Morgan fingerprint density at radius 2 is 1.91 bits per heavy atom. The van der Waals surface area contributed by atoms with Crippen molar-refractivity contribution in [3.8, 4) is 0 Å². The molecule has 1 aliphatic rings. The second-order valence-corrected chi connectivity index (χ2v) is 7.14. The van der Waals surface area contributed by atoms with E-state index in [9.17, 15) is 14.0 Å². The van der Waals surface area contributed by atoms with E-state index in [2.05, 4.69) is 12.2 Å². The largest absolute Gasteiger partial charge is 0.337 e. The minimum atomic E-state index is -0.340. The van der Waals surface area contributed by atoms with E-state index in [-0.39, 0.29) is 23.5 Å². The van der Waals surface area contributed by atoms with Crippen LogP contribution in [0.3, 0.4) is 0 Å². The first-order valence-electron chi connectivity index (χ1n) is 7.86. The highest BCUT2D eigenvalue weighted by molar-refractivity contribution is 7.99. The number of ketones is 1. The highest BCUT2D eigenvalue weighted by Crippen LogP contribution is 2.22. The van der Waals surface area contributed by atoms with Crippen LogP contribution in [0.15, 0.2) is 24.3 Å². The molecule has 0 saturated carbocycles. The summed E-state index contributed by atoms with van der Waals surface area (Å²) < 4.78 is 12.9. The van der Waals surface area contributed by atoms with Gasteiger partial charge in [-0.3, -0.25) is 4.79 Å². The van der Waals surface area contributed by atoms with Crippen molar-refractivity contribution in [2.45, 2.75) is 25.0 Å². The highest BCUT2D eigenvalue weighted by atomic mass is 32.2. The van der Waals surface area contributed by atoms with Crippen LogP contribution in [0.2, 0.25) is 0 Å². The number of nitrogens with one attached hydrogen (secondary N) is 1. The van der Waals surface area contributed by atoms with E-state index in [4.69, 9.17) is 0 Å². The fraction of sp³-hybridized carbons (Fsp3) is 0.529. The van der Waals surface area contributed by atoms with Crippen LogP contribution in [0.5, 0.6) is 0 Å². The molecule has 0 aliphatic carbocycles. The van der Waals surface area contributed by atoms with Gasteiger partial charge in [0.15, 0.2) is 5.78 Å². The van der Waals surface area contributed by atoms with Crippen LogP contribution in [-0.2, 0) is 0 Å². The molecule has 0 bridgehead atoms. The van der Waals surface area contributed by atoms with Crippen molar-refractivity contribution in [2.75, 3.05) is 25.9 Å². The smallest absolute Gasteiger partial charge is 0.317 e. The summed E-state index contributed by atoms with van der Waals surface area (Å²) in [5.74, 6) is -0.386. The Hall–Kier alpha value is -1.56. The first-order valence-corrected chi connectivity index (χ1v) is 9.15. The summed E-state index contributed by atoms with van der Waals surface area (Å²) in [6.07, 6.45) is 3.33. The molecular weight excluding hydrogens is 315 g/mol. The number of carbonyl (C=O) groups excluding carboxylic acids is 2. The lowest BCUT2D eigenvalue weighted by Gasteiger charge is -2.31. The molecule has 2 amide bonds. The number of amides is 2. The number of thioether (sulfide) groups is 1. The van der Waals surface area contributed by atoms with Crippen LogP contribution in [-0.4, -0.2) is 47.9 Å². The van der Waals surface area contributed by atoms with E-state index in [1.807, 2.05) is 6.26 Å². The zero-order chi connectivity index (χ0) is 16.8. The number of carbonyl (C=O) groups is 2. The maximum absolute atomic E-state index is 12.9. The van der Waals surface area contributed by atoms with E-state index >= 15 is 0 Å². The SMILES string of the molecule is CS[C@H](C)CNC(=O)N1CCC(C(=O)c2ccc(F)cc2)CC1. The molecule has 0 radical (unpaired) electrons. The van der Waals surface area contributed by atoms with E-state index < -0.39 is 0 Å². The lowest BCUT2D eigenvalue weighted by Crippen LogP contribution is -2.46. The van der Waals surface area contributed by atoms with Crippen molar-refractivity contribution in [1.82, 2.24) is 10.2 Å². The molecule has 1 saturated heterocycles. The quantitative estimate of drug-likeness (QED) is 0.839. The minimum Gasteiger partial charge on any atom is -0.337 e. The third kappa shape index (κ3) is 4.96. The van der Waals surface area contributed by atoms with Crippen LogP contribution in [0, 0.1) is 11.7 Å². The first-order chi connectivity index (χ1) is 11.0. The number of halogens is 1. The van der Waals surface area contributed by atoms with Gasteiger partial charge in [-0.2, -0.15) is 11.8 Å². The summed E-state index contributed by atoms with van der Waals surface area (Å²) in [6.45, 7) is 3.88. The van der Waals surface area contributed by atoms with Gasteiger partial charge in [0.05, 0.1) is 0 Å². The fourth-order valence-electron chi connectivity index (χ4n) is 2.62. The van der Waals surface area contributed by atoms with Crippen LogP contribution in [0.25, 0.3) is 0 Å². The van der Waals surface area contributed by atoms with Crippen molar-refractivity contribution in [3.05, 3.63) is 35.6 Å². The molecule has 0 aromatic heterocycles. The van der Waals surface area contributed by atoms with Crippen molar-refractivity contribution in [3.63, 3.8) is 0 Å². The number of likely N-dealkylation sites (tertiary alicyclic amines) is 1. The van der Waals surface area contributed by atoms with Gasteiger partial charge in [-0.15, -0.1) is 0 Å². The third-order valence-electron chi connectivity index (χ3n) is 4.22. The summed E-state index contributed by atoms with van der Waals surface area (Å²) in [5.41, 5.74) is 0.545. The number of benzene rings is 1. The van der Waals surface area contributed by atoms with E-state index in [1.54, 1.807) is 16.7 Å². The molecule has 126 valence electrons. The monoisotopic (exact) mass is 338 g/mol. The van der Waals surface area contributed by atoms with E-state index in [0.717, 1.165) is 0 Å². The average molecular weight is 338 g/mol. The molecule has 4 nitrogen and oxygen atoms in total. The highest BCUT2D eigenvalue weighted by Gasteiger charge is 2.27. The molecule has 0 unspecified atom stereocenters. The second-order valence-electron chi connectivity index (χ2n) is 5.86. The number of piperidine rings is 1. The Balaban J connectivity index is 1.82. The van der Waals surface area contributed by atoms with Crippen LogP contribution < -0.4 is 5.32 Å². The number of hydrogen-bond acceptors (Lipinski definition) is 3. The number of Topliss-reactive ketones (excluding diaryl/α,β-unsaturated/α-hetero) is 1. The molecule has 6 heteroatoms. The predicted molar refractivity (Wildman–Crippen MR) is 91.4 cm³/mol. The number of nitrogens with zero attached hydrogens (tertiary/aromatic N) is 1. The molecule has 23 heavy (non-hydrogen) atoms. The average Bonchev–Trinajstić information content (AvgIpc) is 2.59. The Kier molecular flexibility index (Phi) is 6.45. The first kappa shape index (κ1) is 17.8. The van der Waals surface area contributed by atoms with Crippen molar-refractivity contribution < 1.29 is 14.0 Å². The maximum atomic E-state index is 12.9. The van der Waals surface area contributed by atoms with Crippen molar-refractivity contribution in [2.24, 2.45) is 5.92 Å². The topological polar surface area (TPSA) is 49.4 Å². The van der Waals surface area contributed by atoms with Gasteiger partial charge in [-0.05, 0) is 43.4 Å². The van der Waals surface area contributed by atoms with Crippen molar-refractivity contribution in [1.29, 1.82) is 0 Å². The zero-order valence-electron chi connectivity index (χ0n) is 13.5. The molecule has 1 aliphatic heterocycles. The summed E-state index contributed by atoms with van der Waals surface area (Å²) in [4.78, 5) is 26.2. The van der Waals surface area contributed by atoms with Gasteiger partial charge < -0.3 is 10.2 Å². The van der Waals surface area contributed by atoms with Gasteiger partial charge in [0.1, 0.15) is 5.82 Å². The van der Waals surface area contributed by atoms with Gasteiger partial charge in [-0.1, -0.05) is 6.92 Å². The normalized spacial score (nSPS) is 16.9. The van der Waals surface area contributed by atoms with Crippen LogP contribution in [0.1, 0.15) is 30.1 Å². The van der Waals surface area contributed by atoms with Gasteiger partial charge in [0, 0.05) is 36.4 Å². The van der Waals surface area contributed by atoms with Crippen molar-refractivity contribution >= 4 is 23.6 Å². The molecule has 0 spiro atoms. The molecular formula is C17H23FN2O2S. The number of urea groups is 1. The molecule has 1 atom stereocenters. The van der Waals surface area contributed by atoms with Gasteiger partial charge in [0.2, 0.25) is 0 Å². The van der Waals surface area contributed by atoms with Crippen LogP contribution in [0.4, 0.5) is 9.18 Å². The van der Waals surface area contributed by atoms with E-state index in [1.165, 1.54) is 24.3 Å². The van der Waals surface area contributed by atoms with E-state index in [0.29, 0.717) is 43.3 Å². The van der Waals surface area contributed by atoms with Crippen LogP contribution >= 0.6 is 11.8 Å². The Morgan fingerprint density at radius 3 is 2.48 bits per heavy atom. The number of rotatable bonds is 5. The fourth-order valence-corrected chi connectivity index (χ4v) is 2.87. The lowest BCUT2D eigenvalue weighted by atomic mass is 9.89. The molecule has 1 N–H and O–H groups in total.